The molecule has 0 aromatic rings. The second-order valence-electron chi connectivity index (χ2n) is 5.46. The molecule has 1 aliphatic heterocycles. The summed E-state index contributed by atoms with van der Waals surface area (Å²) < 4.78 is 0. The van der Waals surface area contributed by atoms with Gasteiger partial charge in [0.2, 0.25) is 5.91 Å². The zero-order valence-electron chi connectivity index (χ0n) is 11.7. The summed E-state index contributed by atoms with van der Waals surface area (Å²) in [5.41, 5.74) is 0. The molecule has 3 nitrogen and oxygen atoms in total. The first-order valence-corrected chi connectivity index (χ1v) is 7.16. The van der Waals surface area contributed by atoms with Gasteiger partial charge in [0.1, 0.15) is 0 Å². The predicted molar refractivity (Wildman–Crippen MR) is 72.0 cm³/mol. The Balaban J connectivity index is 2.31. The van der Waals surface area contributed by atoms with Gasteiger partial charge in [-0.1, -0.05) is 27.2 Å². The molecule has 1 atom stereocenters. The van der Waals surface area contributed by atoms with Gasteiger partial charge in [0, 0.05) is 19.0 Å². The van der Waals surface area contributed by atoms with E-state index in [4.69, 9.17) is 0 Å². The minimum atomic E-state index is 0.219. The van der Waals surface area contributed by atoms with Crippen molar-refractivity contribution in [3.05, 3.63) is 0 Å². The second-order valence-corrected chi connectivity index (χ2v) is 5.46. The van der Waals surface area contributed by atoms with E-state index in [-0.39, 0.29) is 5.91 Å². The molecule has 0 aliphatic carbocycles. The molecule has 1 fully saturated rings. The summed E-state index contributed by atoms with van der Waals surface area (Å²) in [6.07, 6.45) is 5.40. The normalized spacial score (nSPS) is 18.6. The minimum absolute atomic E-state index is 0.219. The lowest BCUT2D eigenvalue weighted by atomic mass is 10.0. The average molecular weight is 240 g/mol. The smallest absolute Gasteiger partial charge is 0.220 e. The predicted octanol–water partition coefficient (Wildman–Crippen LogP) is 2.41. The molecule has 1 unspecified atom stereocenters. The van der Waals surface area contributed by atoms with Crippen LogP contribution in [0.1, 0.15) is 52.9 Å². The molecule has 3 heteroatoms. The number of carbonyl (C=O) groups is 1. The molecule has 1 heterocycles. The maximum Gasteiger partial charge on any atom is 0.220 e. The van der Waals surface area contributed by atoms with Crippen molar-refractivity contribution in [1.29, 1.82) is 0 Å². The summed E-state index contributed by atoms with van der Waals surface area (Å²) in [6, 6.07) is 0.517. The zero-order chi connectivity index (χ0) is 12.7. The maximum atomic E-state index is 11.6. The Labute approximate surface area is 106 Å². The molecule has 0 bridgehead atoms. The molecule has 1 aliphatic rings. The number of amides is 1. The van der Waals surface area contributed by atoms with Gasteiger partial charge in [0.25, 0.3) is 0 Å². The highest BCUT2D eigenvalue weighted by molar-refractivity contribution is 5.75. The highest BCUT2D eigenvalue weighted by Crippen LogP contribution is 2.17. The number of unbranched alkanes of at least 4 members (excludes halogenated alkanes) is 1. The van der Waals surface area contributed by atoms with E-state index >= 15 is 0 Å². The SMILES string of the molecule is CCCCC(=O)NCC(C(C)C)N1CCCC1. The molecule has 17 heavy (non-hydrogen) atoms. The van der Waals surface area contributed by atoms with Gasteiger partial charge in [-0.05, 0) is 38.3 Å². The van der Waals surface area contributed by atoms with Crippen molar-refractivity contribution >= 4 is 5.91 Å². The molecule has 0 aromatic carbocycles. The number of likely N-dealkylation sites (tertiary alicyclic amines) is 1. The molecule has 1 amide bonds. The molecule has 1 saturated heterocycles. The molecule has 1 N–H and O–H groups in total. The summed E-state index contributed by atoms with van der Waals surface area (Å²) in [5.74, 6) is 0.830. The minimum Gasteiger partial charge on any atom is -0.355 e. The first-order chi connectivity index (χ1) is 8.15. The van der Waals surface area contributed by atoms with Gasteiger partial charge in [0.05, 0.1) is 0 Å². The maximum absolute atomic E-state index is 11.6. The lowest BCUT2D eigenvalue weighted by Crippen LogP contribution is -2.45. The van der Waals surface area contributed by atoms with E-state index in [1.54, 1.807) is 0 Å². The Kier molecular flexibility index (Phi) is 6.56. The monoisotopic (exact) mass is 240 g/mol. The summed E-state index contributed by atoms with van der Waals surface area (Å²) in [4.78, 5) is 14.1. The molecule has 0 radical (unpaired) electrons. The fraction of sp³-hybridized carbons (Fsp3) is 0.929. The summed E-state index contributed by atoms with van der Waals surface area (Å²) in [6.45, 7) is 9.85. The number of rotatable bonds is 7. The Morgan fingerprint density at radius 3 is 2.47 bits per heavy atom. The van der Waals surface area contributed by atoms with Gasteiger partial charge < -0.3 is 5.32 Å². The van der Waals surface area contributed by atoms with Gasteiger partial charge >= 0.3 is 0 Å². The van der Waals surface area contributed by atoms with E-state index in [2.05, 4.69) is 31.0 Å². The van der Waals surface area contributed by atoms with Crippen molar-refractivity contribution in [3.8, 4) is 0 Å². The van der Waals surface area contributed by atoms with Crippen LogP contribution in [0.2, 0.25) is 0 Å². The molecule has 100 valence electrons. The van der Waals surface area contributed by atoms with Crippen LogP contribution in [0.15, 0.2) is 0 Å². The molecule has 0 saturated carbocycles. The van der Waals surface area contributed by atoms with E-state index in [1.807, 2.05) is 0 Å². The van der Waals surface area contributed by atoms with Crippen LogP contribution in [0.25, 0.3) is 0 Å². The number of nitrogens with zero attached hydrogens (tertiary/aromatic N) is 1. The first kappa shape index (κ1) is 14.5. The molecular weight excluding hydrogens is 212 g/mol. The van der Waals surface area contributed by atoms with Gasteiger partial charge in [-0.2, -0.15) is 0 Å². The van der Waals surface area contributed by atoms with Gasteiger partial charge in [-0.25, -0.2) is 0 Å². The van der Waals surface area contributed by atoms with Crippen molar-refractivity contribution in [2.75, 3.05) is 19.6 Å². The first-order valence-electron chi connectivity index (χ1n) is 7.16. The van der Waals surface area contributed by atoms with E-state index < -0.39 is 0 Å². The van der Waals surface area contributed by atoms with Crippen LogP contribution in [-0.2, 0) is 4.79 Å². The van der Waals surface area contributed by atoms with Crippen molar-refractivity contribution in [1.82, 2.24) is 10.2 Å². The third-order valence-electron chi connectivity index (χ3n) is 3.64. The van der Waals surface area contributed by atoms with Crippen LogP contribution in [-0.4, -0.2) is 36.5 Å². The number of hydrogen-bond donors (Lipinski definition) is 1. The summed E-state index contributed by atoms with van der Waals surface area (Å²) in [7, 11) is 0. The number of hydrogen-bond acceptors (Lipinski definition) is 2. The third kappa shape index (κ3) is 5.07. The van der Waals surface area contributed by atoms with E-state index in [9.17, 15) is 4.79 Å². The fourth-order valence-electron chi connectivity index (χ4n) is 2.50. The largest absolute Gasteiger partial charge is 0.355 e. The Hall–Kier alpha value is -0.570. The van der Waals surface area contributed by atoms with Crippen LogP contribution >= 0.6 is 0 Å². The highest BCUT2D eigenvalue weighted by Gasteiger charge is 2.24. The molecule has 0 aromatic heterocycles. The molecular formula is C14H28N2O. The van der Waals surface area contributed by atoms with Crippen molar-refractivity contribution in [2.45, 2.75) is 58.9 Å². The standard InChI is InChI=1S/C14H28N2O/c1-4-5-8-14(17)15-11-13(12(2)3)16-9-6-7-10-16/h12-13H,4-11H2,1-3H3,(H,15,17). The average Bonchev–Trinajstić information content (AvgIpc) is 2.79. The highest BCUT2D eigenvalue weighted by atomic mass is 16.1. The zero-order valence-corrected chi connectivity index (χ0v) is 11.7. The van der Waals surface area contributed by atoms with Gasteiger partial charge in [-0.15, -0.1) is 0 Å². The Morgan fingerprint density at radius 1 is 1.29 bits per heavy atom. The lowest BCUT2D eigenvalue weighted by molar-refractivity contribution is -0.121. The van der Waals surface area contributed by atoms with E-state index in [0.29, 0.717) is 18.4 Å². The van der Waals surface area contributed by atoms with Crippen molar-refractivity contribution in [3.63, 3.8) is 0 Å². The topological polar surface area (TPSA) is 32.3 Å². The molecule has 1 rings (SSSR count). The Morgan fingerprint density at radius 2 is 1.94 bits per heavy atom. The van der Waals surface area contributed by atoms with Gasteiger partial charge in [0.15, 0.2) is 0 Å². The van der Waals surface area contributed by atoms with Crippen LogP contribution < -0.4 is 5.32 Å². The number of carbonyl (C=O) groups excluding carboxylic acids is 1. The Bertz CT molecular complexity index is 222. The van der Waals surface area contributed by atoms with Crippen LogP contribution in [0.3, 0.4) is 0 Å². The summed E-state index contributed by atoms with van der Waals surface area (Å²) >= 11 is 0. The van der Waals surface area contributed by atoms with Gasteiger partial charge in [-0.3, -0.25) is 9.69 Å². The van der Waals surface area contributed by atoms with Crippen LogP contribution in [0.4, 0.5) is 0 Å². The fourth-order valence-corrected chi connectivity index (χ4v) is 2.50. The van der Waals surface area contributed by atoms with Crippen LogP contribution in [0, 0.1) is 5.92 Å². The third-order valence-corrected chi connectivity index (χ3v) is 3.64. The van der Waals surface area contributed by atoms with Crippen molar-refractivity contribution in [2.24, 2.45) is 5.92 Å². The summed E-state index contributed by atoms with van der Waals surface area (Å²) in [5, 5.41) is 3.10. The van der Waals surface area contributed by atoms with Crippen molar-refractivity contribution < 1.29 is 4.79 Å². The molecule has 0 spiro atoms. The van der Waals surface area contributed by atoms with E-state index in [1.165, 1.54) is 25.9 Å². The second kappa shape index (κ2) is 7.70. The lowest BCUT2D eigenvalue weighted by Gasteiger charge is -2.31. The number of nitrogens with one attached hydrogen (secondary N) is 1. The van der Waals surface area contributed by atoms with Crippen LogP contribution in [0.5, 0.6) is 0 Å². The quantitative estimate of drug-likeness (QED) is 0.741. The van der Waals surface area contributed by atoms with E-state index in [0.717, 1.165) is 19.4 Å².